The standard InChI is InChI=1S/C13H17N3O/c1-15-11-6-2-3-7-12(11)16(13(15)17)10-5-4-8-14-9-10/h2-3,6-7,10,14H,4-5,8-9H2,1H3. The predicted molar refractivity (Wildman–Crippen MR) is 68.3 cm³/mol. The highest BCUT2D eigenvalue weighted by atomic mass is 16.1. The third-order valence-electron chi connectivity index (χ3n) is 3.63. The molecule has 1 N–H and O–H groups in total. The lowest BCUT2D eigenvalue weighted by molar-refractivity contribution is 0.369. The van der Waals surface area contributed by atoms with Gasteiger partial charge in [-0.1, -0.05) is 12.1 Å². The molecule has 90 valence electrons. The molecular formula is C13H17N3O. The van der Waals surface area contributed by atoms with Crippen LogP contribution in [0.2, 0.25) is 0 Å². The van der Waals surface area contributed by atoms with E-state index in [4.69, 9.17) is 0 Å². The van der Waals surface area contributed by atoms with E-state index in [-0.39, 0.29) is 5.69 Å². The van der Waals surface area contributed by atoms with Crippen molar-refractivity contribution in [2.45, 2.75) is 18.9 Å². The van der Waals surface area contributed by atoms with Crippen LogP contribution in [0.15, 0.2) is 29.1 Å². The molecule has 2 aromatic rings. The first-order valence-electron chi connectivity index (χ1n) is 6.15. The summed E-state index contributed by atoms with van der Waals surface area (Å²) < 4.78 is 3.69. The van der Waals surface area contributed by atoms with Crippen molar-refractivity contribution < 1.29 is 0 Å². The number of hydrogen-bond acceptors (Lipinski definition) is 2. The van der Waals surface area contributed by atoms with E-state index in [1.165, 1.54) is 0 Å². The molecule has 1 fully saturated rings. The first-order valence-corrected chi connectivity index (χ1v) is 6.15. The second-order valence-electron chi connectivity index (χ2n) is 4.70. The van der Waals surface area contributed by atoms with Crippen molar-refractivity contribution in [3.8, 4) is 0 Å². The molecule has 0 aliphatic carbocycles. The Bertz CT molecular complexity index is 590. The van der Waals surface area contributed by atoms with Gasteiger partial charge in [0.25, 0.3) is 0 Å². The van der Waals surface area contributed by atoms with Crippen LogP contribution in [-0.2, 0) is 7.05 Å². The van der Waals surface area contributed by atoms with Crippen LogP contribution in [0.1, 0.15) is 18.9 Å². The quantitative estimate of drug-likeness (QED) is 0.802. The molecule has 1 aromatic carbocycles. The summed E-state index contributed by atoms with van der Waals surface area (Å²) in [6.45, 7) is 1.96. The minimum atomic E-state index is 0.0971. The molecule has 1 saturated heterocycles. The summed E-state index contributed by atoms with van der Waals surface area (Å²) in [7, 11) is 1.84. The van der Waals surface area contributed by atoms with Crippen LogP contribution in [-0.4, -0.2) is 22.2 Å². The average Bonchev–Trinajstić information content (AvgIpc) is 2.64. The van der Waals surface area contributed by atoms with Gasteiger partial charge in [0.2, 0.25) is 0 Å². The molecule has 2 heterocycles. The first kappa shape index (κ1) is 10.6. The van der Waals surface area contributed by atoms with Crippen LogP contribution in [0.5, 0.6) is 0 Å². The van der Waals surface area contributed by atoms with Crippen molar-refractivity contribution in [3.63, 3.8) is 0 Å². The Morgan fingerprint density at radius 3 is 2.76 bits per heavy atom. The van der Waals surface area contributed by atoms with Crippen LogP contribution in [0.4, 0.5) is 0 Å². The number of fused-ring (bicyclic) bond motifs is 1. The lowest BCUT2D eigenvalue weighted by Gasteiger charge is -2.23. The van der Waals surface area contributed by atoms with Gasteiger partial charge >= 0.3 is 5.69 Å². The zero-order valence-corrected chi connectivity index (χ0v) is 10.0. The number of imidazole rings is 1. The maximum absolute atomic E-state index is 12.3. The third kappa shape index (κ3) is 1.60. The van der Waals surface area contributed by atoms with Crippen molar-refractivity contribution in [3.05, 3.63) is 34.7 Å². The highest BCUT2D eigenvalue weighted by Crippen LogP contribution is 2.21. The lowest BCUT2D eigenvalue weighted by Crippen LogP contribution is -2.36. The molecule has 0 radical (unpaired) electrons. The fourth-order valence-corrected chi connectivity index (χ4v) is 2.73. The molecule has 1 aliphatic rings. The molecule has 0 bridgehead atoms. The maximum Gasteiger partial charge on any atom is 0.329 e. The molecule has 3 rings (SSSR count). The molecule has 4 heteroatoms. The number of hydrogen-bond donors (Lipinski definition) is 1. The number of rotatable bonds is 1. The summed E-state index contributed by atoms with van der Waals surface area (Å²) in [6.07, 6.45) is 2.22. The van der Waals surface area contributed by atoms with Crippen molar-refractivity contribution in [1.29, 1.82) is 0 Å². The van der Waals surface area contributed by atoms with Crippen LogP contribution in [0.25, 0.3) is 11.0 Å². The van der Waals surface area contributed by atoms with Crippen molar-refractivity contribution in [2.24, 2.45) is 7.05 Å². The molecule has 0 saturated carbocycles. The van der Waals surface area contributed by atoms with Crippen molar-refractivity contribution in [2.75, 3.05) is 13.1 Å². The van der Waals surface area contributed by atoms with Gasteiger partial charge < -0.3 is 5.32 Å². The van der Waals surface area contributed by atoms with Crippen LogP contribution in [0.3, 0.4) is 0 Å². The van der Waals surface area contributed by atoms with Gasteiger partial charge in [-0.15, -0.1) is 0 Å². The number of piperidine rings is 1. The average molecular weight is 231 g/mol. The molecule has 4 nitrogen and oxygen atoms in total. The van der Waals surface area contributed by atoms with Gasteiger partial charge in [0.05, 0.1) is 17.1 Å². The van der Waals surface area contributed by atoms with Crippen molar-refractivity contribution in [1.82, 2.24) is 14.5 Å². The number of aryl methyl sites for hydroxylation is 1. The van der Waals surface area contributed by atoms with E-state index in [2.05, 4.69) is 5.32 Å². The van der Waals surface area contributed by atoms with Gasteiger partial charge in [-0.25, -0.2) is 4.79 Å². The van der Waals surface area contributed by atoms with E-state index < -0.39 is 0 Å². The summed E-state index contributed by atoms with van der Waals surface area (Å²) in [5, 5.41) is 3.37. The molecule has 0 amide bonds. The fraction of sp³-hybridized carbons (Fsp3) is 0.462. The second-order valence-corrected chi connectivity index (χ2v) is 4.70. The Kier molecular flexibility index (Phi) is 2.52. The second kappa shape index (κ2) is 4.04. The maximum atomic E-state index is 12.3. The number of nitrogens with zero attached hydrogens (tertiary/aromatic N) is 2. The summed E-state index contributed by atoms with van der Waals surface area (Å²) in [4.78, 5) is 12.3. The molecule has 1 atom stereocenters. The third-order valence-corrected chi connectivity index (χ3v) is 3.63. The van der Waals surface area contributed by atoms with Gasteiger partial charge in [0.15, 0.2) is 0 Å². The summed E-state index contributed by atoms with van der Waals surface area (Å²) >= 11 is 0. The molecule has 1 unspecified atom stereocenters. The minimum Gasteiger partial charge on any atom is -0.315 e. The van der Waals surface area contributed by atoms with Crippen LogP contribution >= 0.6 is 0 Å². The Morgan fingerprint density at radius 2 is 2.06 bits per heavy atom. The smallest absolute Gasteiger partial charge is 0.315 e. The van der Waals surface area contributed by atoms with E-state index in [9.17, 15) is 4.79 Å². The topological polar surface area (TPSA) is 39.0 Å². The van der Waals surface area contributed by atoms with Crippen LogP contribution < -0.4 is 11.0 Å². The zero-order chi connectivity index (χ0) is 11.8. The number of aromatic nitrogens is 2. The predicted octanol–water partition coefficient (Wildman–Crippen LogP) is 1.26. The van der Waals surface area contributed by atoms with E-state index in [0.717, 1.165) is 37.0 Å². The SMILES string of the molecule is Cn1c(=O)n(C2CCCNC2)c2ccccc21. The Hall–Kier alpha value is -1.55. The summed E-state index contributed by atoms with van der Waals surface area (Å²) in [6, 6.07) is 8.30. The van der Waals surface area contributed by atoms with E-state index in [0.29, 0.717) is 6.04 Å². The van der Waals surface area contributed by atoms with Gasteiger partial charge in [-0.05, 0) is 31.5 Å². The monoisotopic (exact) mass is 231 g/mol. The van der Waals surface area contributed by atoms with Crippen LogP contribution in [0, 0.1) is 0 Å². The van der Waals surface area contributed by atoms with E-state index in [1.807, 2.05) is 35.9 Å². The number of benzene rings is 1. The highest BCUT2D eigenvalue weighted by Gasteiger charge is 2.20. The Balaban J connectivity index is 2.21. The van der Waals surface area contributed by atoms with Gasteiger partial charge in [0.1, 0.15) is 0 Å². The van der Waals surface area contributed by atoms with Gasteiger partial charge in [-0.3, -0.25) is 9.13 Å². The molecule has 1 aliphatic heterocycles. The normalized spacial score (nSPS) is 20.9. The Morgan fingerprint density at radius 1 is 1.29 bits per heavy atom. The Labute approximate surface area is 99.9 Å². The van der Waals surface area contributed by atoms with E-state index >= 15 is 0 Å². The van der Waals surface area contributed by atoms with Crippen molar-refractivity contribution >= 4 is 11.0 Å². The molecular weight excluding hydrogens is 214 g/mol. The lowest BCUT2D eigenvalue weighted by atomic mass is 10.1. The van der Waals surface area contributed by atoms with Gasteiger partial charge in [0, 0.05) is 13.6 Å². The summed E-state index contributed by atoms with van der Waals surface area (Å²) in [5.41, 5.74) is 2.16. The minimum absolute atomic E-state index is 0.0971. The first-order chi connectivity index (χ1) is 8.29. The largest absolute Gasteiger partial charge is 0.329 e. The molecule has 1 aromatic heterocycles. The zero-order valence-electron chi connectivity index (χ0n) is 10.0. The van der Waals surface area contributed by atoms with E-state index in [1.54, 1.807) is 4.57 Å². The number of para-hydroxylation sites is 2. The number of nitrogens with one attached hydrogen (secondary N) is 1. The molecule has 17 heavy (non-hydrogen) atoms. The summed E-state index contributed by atoms with van der Waals surface area (Å²) in [5.74, 6) is 0. The highest BCUT2D eigenvalue weighted by molar-refractivity contribution is 5.76. The fourth-order valence-electron chi connectivity index (χ4n) is 2.73. The molecule has 0 spiro atoms. The van der Waals surface area contributed by atoms with Gasteiger partial charge in [-0.2, -0.15) is 0 Å².